The standard InChI is InChI=1S/C69H117N11O13S/c1-26-49-65(88)74(19)37-55(82)75(20)50(33-38(2)3)62(85)73-56(42(10)11)68(91)76(21)51(34-39(4)5)61(84)70-46(16)60(83)71-47(17)64(87)77(22)52(35-40(6)7)66(89)78(23)53(36-41(8)9)67(90)79(24)57(43(12)13)69(92)80(25)58(63(86)72-49)59(93-48(18)81)45(15)31-32-94-54-30-28-27-29-44(54)14/h27-30,38-43,45-47,49-53,56-59H,26,31-37H2,1-25H3,(H,70,84)(H,71,83)(H,72,86)(H,73,85)/t45-,46+,47-,49+,50+,51+,52+,53+,56+,57+,58?,59-/m1/s1. The average molecular weight is 1340 g/mol. The van der Waals surface area contributed by atoms with Crippen LogP contribution in [0.15, 0.2) is 29.2 Å². The summed E-state index contributed by atoms with van der Waals surface area (Å²) in [5, 5.41) is 11.1. The zero-order valence-corrected chi connectivity index (χ0v) is 62.0. The molecule has 12 atom stereocenters. The number of nitrogens with zero attached hydrogens (tertiary/aromatic N) is 7. The Hall–Kier alpha value is -6.79. The minimum Gasteiger partial charge on any atom is -0.460 e. The van der Waals surface area contributed by atoms with Crippen molar-refractivity contribution in [2.45, 2.75) is 235 Å². The van der Waals surface area contributed by atoms with Crippen molar-refractivity contribution >= 4 is 82.7 Å². The lowest BCUT2D eigenvalue weighted by molar-refractivity contribution is -0.164. The Morgan fingerprint density at radius 3 is 1.44 bits per heavy atom. The van der Waals surface area contributed by atoms with Crippen LogP contribution in [0.1, 0.15) is 162 Å². The zero-order chi connectivity index (χ0) is 72.2. The Morgan fingerprint density at radius 2 is 0.957 bits per heavy atom. The monoisotopic (exact) mass is 1340 g/mol. The lowest BCUT2D eigenvalue weighted by atomic mass is 9.91. The van der Waals surface area contributed by atoms with Gasteiger partial charge >= 0.3 is 5.97 Å². The molecule has 11 amide bonds. The van der Waals surface area contributed by atoms with Crippen LogP contribution in [-0.4, -0.2) is 233 Å². The number of aryl methyl sites for hydroxylation is 1. The largest absolute Gasteiger partial charge is 0.460 e. The summed E-state index contributed by atoms with van der Waals surface area (Å²) < 4.78 is 6.08. The van der Waals surface area contributed by atoms with E-state index in [1.54, 1.807) is 53.3 Å². The van der Waals surface area contributed by atoms with Crippen molar-refractivity contribution in [1.29, 1.82) is 0 Å². The van der Waals surface area contributed by atoms with Gasteiger partial charge in [0.05, 0.1) is 6.54 Å². The second-order valence-corrected chi connectivity index (χ2v) is 29.4. The maximum Gasteiger partial charge on any atom is 0.303 e. The molecule has 94 heavy (non-hydrogen) atoms. The molecule has 0 aromatic heterocycles. The number of ether oxygens (including phenoxy) is 1. The fourth-order valence-corrected chi connectivity index (χ4v) is 13.0. The van der Waals surface area contributed by atoms with Gasteiger partial charge in [-0.15, -0.1) is 11.8 Å². The van der Waals surface area contributed by atoms with Gasteiger partial charge in [0.25, 0.3) is 0 Å². The molecule has 0 bridgehead atoms. The first-order valence-electron chi connectivity index (χ1n) is 33.4. The van der Waals surface area contributed by atoms with Gasteiger partial charge in [-0.3, -0.25) is 57.5 Å². The van der Waals surface area contributed by atoms with Gasteiger partial charge in [-0.2, -0.15) is 0 Å². The number of thioether (sulfide) groups is 1. The minimum absolute atomic E-state index is 0.00825. The summed E-state index contributed by atoms with van der Waals surface area (Å²) in [4.78, 5) is 185. The Bertz CT molecular complexity index is 2780. The van der Waals surface area contributed by atoms with E-state index >= 15 is 19.2 Å². The lowest BCUT2D eigenvalue weighted by Crippen LogP contribution is -2.64. The van der Waals surface area contributed by atoms with E-state index in [4.69, 9.17) is 4.74 Å². The van der Waals surface area contributed by atoms with E-state index in [0.717, 1.165) is 20.3 Å². The number of nitrogens with one attached hydrogen (secondary N) is 4. The van der Waals surface area contributed by atoms with Gasteiger partial charge < -0.3 is 60.3 Å². The first-order valence-corrected chi connectivity index (χ1v) is 34.4. The molecule has 24 nitrogen and oxygen atoms in total. The number of hydrogen-bond acceptors (Lipinski definition) is 14. The number of esters is 1. The van der Waals surface area contributed by atoms with Gasteiger partial charge in [0.2, 0.25) is 65.0 Å². The highest BCUT2D eigenvalue weighted by atomic mass is 32.2. The Balaban J connectivity index is 3.06. The van der Waals surface area contributed by atoms with E-state index < -0.39 is 162 Å². The fraction of sp³-hybridized carbons (Fsp3) is 0.739. The molecule has 0 spiro atoms. The third-order valence-electron chi connectivity index (χ3n) is 17.5. The van der Waals surface area contributed by atoms with Crippen molar-refractivity contribution in [3.63, 3.8) is 0 Å². The van der Waals surface area contributed by atoms with Crippen molar-refractivity contribution in [2.75, 3.05) is 61.6 Å². The predicted molar refractivity (Wildman–Crippen MR) is 365 cm³/mol. The first kappa shape index (κ1) is 83.3. The number of likely N-dealkylation sites (N-methyl/N-ethyl adjacent to an activating group) is 7. The molecule has 1 aliphatic rings. The summed E-state index contributed by atoms with van der Waals surface area (Å²) in [5.41, 5.74) is 1.05. The molecule has 1 aliphatic heterocycles. The molecular formula is C69H117N11O13S. The zero-order valence-electron chi connectivity index (χ0n) is 61.2. The maximum absolute atomic E-state index is 15.6. The van der Waals surface area contributed by atoms with Crippen LogP contribution in [0.2, 0.25) is 0 Å². The van der Waals surface area contributed by atoms with Gasteiger partial charge in [-0.25, -0.2) is 0 Å². The summed E-state index contributed by atoms with van der Waals surface area (Å²) in [5.74, 6) is -10.2. The molecule has 1 fully saturated rings. The van der Waals surface area contributed by atoms with E-state index in [0.29, 0.717) is 12.2 Å². The van der Waals surface area contributed by atoms with E-state index in [2.05, 4.69) is 21.3 Å². The van der Waals surface area contributed by atoms with Gasteiger partial charge in [-0.05, 0) is 118 Å². The van der Waals surface area contributed by atoms with Crippen LogP contribution in [0.25, 0.3) is 0 Å². The Kier molecular flexibility index (Phi) is 33.7. The summed E-state index contributed by atoms with van der Waals surface area (Å²) in [6.07, 6.45) is -0.396. The van der Waals surface area contributed by atoms with Crippen LogP contribution in [-0.2, 0) is 62.3 Å². The van der Waals surface area contributed by atoms with Crippen molar-refractivity contribution in [3.8, 4) is 0 Å². The quantitative estimate of drug-likeness (QED) is 0.106. The number of carbonyl (C=O) groups excluding carboxylic acids is 12. The maximum atomic E-state index is 15.6. The number of carbonyl (C=O) groups is 12. The van der Waals surface area contributed by atoms with Gasteiger partial charge in [0.15, 0.2) is 0 Å². The van der Waals surface area contributed by atoms with E-state index in [-0.39, 0.29) is 55.8 Å². The molecule has 0 saturated carbocycles. The SMILES string of the molecule is CC[C@@H]1NC(=O)C([C@H](OC(C)=O)[C@H](C)CCSc2ccccc2C)N(C)C(=O)[C@H](C(C)C)N(C)C(=O)[C@H](CC(C)C)N(C)C(=O)[C@H](CC(C)C)N(C)C(=O)[C@@H](C)NC(=O)[C@H](C)NC(=O)[C@H](CC(C)C)N(C)C(=O)[C@H](C(C)C)NC(=O)[C@H](CC(C)C)N(C)C(=O)CN(C)C1=O. The van der Waals surface area contributed by atoms with Crippen LogP contribution in [0.5, 0.6) is 0 Å². The van der Waals surface area contributed by atoms with E-state index in [9.17, 15) is 38.4 Å². The molecule has 25 heteroatoms. The first-order chi connectivity index (χ1) is 43.5. The van der Waals surface area contributed by atoms with Crippen LogP contribution in [0.3, 0.4) is 0 Å². The molecule has 1 aromatic carbocycles. The van der Waals surface area contributed by atoms with Crippen molar-refractivity contribution in [1.82, 2.24) is 55.6 Å². The topological polar surface area (TPSA) is 285 Å². The highest BCUT2D eigenvalue weighted by Crippen LogP contribution is 2.30. The average Bonchev–Trinajstić information content (AvgIpc) is 0.806. The van der Waals surface area contributed by atoms with Crippen molar-refractivity contribution in [3.05, 3.63) is 29.8 Å². The summed E-state index contributed by atoms with van der Waals surface area (Å²) in [6, 6.07) is -4.75. The lowest BCUT2D eigenvalue weighted by Gasteiger charge is -2.42. The molecule has 0 radical (unpaired) electrons. The van der Waals surface area contributed by atoms with Crippen LogP contribution in [0, 0.1) is 48.3 Å². The highest BCUT2D eigenvalue weighted by molar-refractivity contribution is 7.99. The molecule has 1 aromatic rings. The highest BCUT2D eigenvalue weighted by Gasteiger charge is 2.47. The van der Waals surface area contributed by atoms with Crippen LogP contribution < -0.4 is 21.3 Å². The number of amides is 11. The van der Waals surface area contributed by atoms with Crippen molar-refractivity contribution in [2.24, 2.45) is 41.4 Å². The number of benzene rings is 1. The third kappa shape index (κ3) is 23.5. The second kappa shape index (κ2) is 38.1. The predicted octanol–water partition coefficient (Wildman–Crippen LogP) is 5.36. The molecule has 532 valence electrons. The van der Waals surface area contributed by atoms with Gasteiger partial charge in [0, 0.05) is 61.2 Å². The number of hydrogen-bond donors (Lipinski definition) is 4. The molecular weight excluding hydrogens is 1220 g/mol. The summed E-state index contributed by atoms with van der Waals surface area (Å²) >= 11 is 1.57. The Labute approximate surface area is 565 Å². The van der Waals surface area contributed by atoms with Gasteiger partial charge in [-0.1, -0.05) is 115 Å². The van der Waals surface area contributed by atoms with E-state index in [1.165, 1.54) is 94.6 Å². The fourth-order valence-electron chi connectivity index (χ4n) is 11.8. The Morgan fingerprint density at radius 1 is 0.511 bits per heavy atom. The van der Waals surface area contributed by atoms with Crippen LogP contribution >= 0.6 is 11.8 Å². The molecule has 4 N–H and O–H groups in total. The molecule has 0 aliphatic carbocycles. The van der Waals surface area contributed by atoms with Gasteiger partial charge in [0.1, 0.15) is 66.5 Å². The molecule has 2 rings (SSSR count). The second-order valence-electron chi connectivity index (χ2n) is 28.3. The summed E-state index contributed by atoms with van der Waals surface area (Å²) in [6.45, 7) is 30.8. The van der Waals surface area contributed by atoms with Crippen LogP contribution in [0.4, 0.5) is 0 Å². The summed E-state index contributed by atoms with van der Waals surface area (Å²) in [7, 11) is 9.95. The number of rotatable bonds is 18. The third-order valence-corrected chi connectivity index (χ3v) is 18.7. The minimum atomic E-state index is -1.62. The smallest absolute Gasteiger partial charge is 0.303 e. The van der Waals surface area contributed by atoms with E-state index in [1.807, 2.05) is 86.6 Å². The molecule has 1 saturated heterocycles. The van der Waals surface area contributed by atoms with Crippen molar-refractivity contribution < 1.29 is 62.3 Å². The normalized spacial score (nSPS) is 25.3. The molecule has 1 unspecified atom stereocenters. The molecule has 1 heterocycles.